The molecule has 0 aliphatic carbocycles. The molecule has 0 atom stereocenters. The summed E-state index contributed by atoms with van der Waals surface area (Å²) in [7, 11) is 1.86. The first-order chi connectivity index (χ1) is 7.36. The van der Waals surface area contributed by atoms with Crippen LogP contribution in [0.25, 0.3) is 0 Å². The van der Waals surface area contributed by atoms with Crippen molar-refractivity contribution in [1.82, 2.24) is 15.3 Å². The number of nitrogens with one attached hydrogen (secondary N) is 1. The van der Waals surface area contributed by atoms with Gasteiger partial charge in [0.25, 0.3) is 0 Å². The number of rotatable bonds is 2. The van der Waals surface area contributed by atoms with E-state index in [0.29, 0.717) is 0 Å². The summed E-state index contributed by atoms with van der Waals surface area (Å²) in [6.07, 6.45) is 3.45. The number of hydrogen-bond donors (Lipinski definition) is 1. The Labute approximate surface area is 112 Å². The average Bonchev–Trinajstić information content (AvgIpc) is 2.81. The minimum atomic E-state index is 0. The molecule has 16 heavy (non-hydrogen) atoms. The maximum absolute atomic E-state index is 4.25. The lowest BCUT2D eigenvalue weighted by molar-refractivity contribution is 0.530. The second-order valence-corrected chi connectivity index (χ2v) is 3.15. The van der Waals surface area contributed by atoms with Crippen molar-refractivity contribution >= 4 is 36.2 Å². The molecule has 1 aliphatic heterocycles. The topological polar surface area (TPSA) is 52.9 Å². The molecule has 2 rings (SSSR count). The molecule has 1 aliphatic rings. The van der Waals surface area contributed by atoms with E-state index >= 15 is 0 Å². The Morgan fingerprint density at radius 1 is 1.50 bits per heavy atom. The van der Waals surface area contributed by atoms with Crippen LogP contribution in [0, 0.1) is 0 Å². The number of halogens is 1. The van der Waals surface area contributed by atoms with Gasteiger partial charge in [-0.2, -0.15) is 5.10 Å². The summed E-state index contributed by atoms with van der Waals surface area (Å²) in [5, 5.41) is 9.07. The van der Waals surface area contributed by atoms with Crippen molar-refractivity contribution in [1.29, 1.82) is 0 Å². The van der Waals surface area contributed by atoms with Crippen molar-refractivity contribution < 1.29 is 0 Å². The van der Waals surface area contributed by atoms with Crippen molar-refractivity contribution in [3.05, 3.63) is 30.1 Å². The standard InChI is InChI=1S/C10H13N5.HI/c1-15(10-12-6-7-13-10)14-8-9-4-2-3-5-11-9;/h2-5,8H,6-7H2,1H3,(H,12,13);1H/b14-8+;. The molecule has 2 heterocycles. The SMILES string of the molecule is CN(/N=C/c1ccccn1)C1=NCCN1.I. The van der Waals surface area contributed by atoms with Gasteiger partial charge in [-0.3, -0.25) is 4.98 Å². The Bertz CT molecular complexity index is 376. The Morgan fingerprint density at radius 2 is 2.38 bits per heavy atom. The number of hydrazone groups is 1. The number of pyridine rings is 1. The minimum Gasteiger partial charge on any atom is -0.353 e. The van der Waals surface area contributed by atoms with Gasteiger partial charge in [-0.15, -0.1) is 24.0 Å². The summed E-state index contributed by atoms with van der Waals surface area (Å²) in [6.45, 7) is 1.71. The highest BCUT2D eigenvalue weighted by molar-refractivity contribution is 14.0. The summed E-state index contributed by atoms with van der Waals surface area (Å²) in [6, 6.07) is 5.71. The van der Waals surface area contributed by atoms with Crippen molar-refractivity contribution in [3.8, 4) is 0 Å². The molecule has 1 aromatic heterocycles. The molecule has 0 bridgehead atoms. The molecule has 0 saturated carbocycles. The molecule has 1 aromatic rings. The van der Waals surface area contributed by atoms with Gasteiger partial charge in [-0.05, 0) is 12.1 Å². The monoisotopic (exact) mass is 331 g/mol. The van der Waals surface area contributed by atoms with Crippen LogP contribution in [0.15, 0.2) is 34.5 Å². The first-order valence-corrected chi connectivity index (χ1v) is 4.83. The number of nitrogens with zero attached hydrogens (tertiary/aromatic N) is 4. The molecule has 0 fully saturated rings. The zero-order valence-corrected chi connectivity index (χ0v) is 11.3. The van der Waals surface area contributed by atoms with Gasteiger partial charge in [0.2, 0.25) is 5.96 Å². The molecule has 86 valence electrons. The highest BCUT2D eigenvalue weighted by Crippen LogP contribution is 1.94. The van der Waals surface area contributed by atoms with Gasteiger partial charge in [-0.25, -0.2) is 10.0 Å². The fourth-order valence-electron chi connectivity index (χ4n) is 1.25. The van der Waals surface area contributed by atoms with Crippen LogP contribution < -0.4 is 5.32 Å². The molecular formula is C10H14IN5. The number of guanidine groups is 1. The maximum Gasteiger partial charge on any atom is 0.214 e. The van der Waals surface area contributed by atoms with Crippen LogP contribution in [0.3, 0.4) is 0 Å². The van der Waals surface area contributed by atoms with E-state index < -0.39 is 0 Å². The van der Waals surface area contributed by atoms with Gasteiger partial charge in [0.15, 0.2) is 0 Å². The number of hydrogen-bond acceptors (Lipinski definition) is 5. The lowest BCUT2D eigenvalue weighted by Gasteiger charge is -2.11. The fraction of sp³-hybridized carbons (Fsp3) is 0.300. The van der Waals surface area contributed by atoms with E-state index in [1.54, 1.807) is 17.4 Å². The molecule has 1 N–H and O–H groups in total. The summed E-state index contributed by atoms with van der Waals surface area (Å²) in [5.41, 5.74) is 0.836. The predicted octanol–water partition coefficient (Wildman–Crippen LogP) is 0.924. The third-order valence-corrected chi connectivity index (χ3v) is 2.01. The Balaban J connectivity index is 0.00000128. The van der Waals surface area contributed by atoms with E-state index in [1.807, 2.05) is 25.2 Å². The lowest BCUT2D eigenvalue weighted by Crippen LogP contribution is -2.32. The second kappa shape index (κ2) is 6.41. The van der Waals surface area contributed by atoms with E-state index in [9.17, 15) is 0 Å². The molecule has 0 spiro atoms. The molecular weight excluding hydrogens is 317 g/mol. The number of aromatic nitrogens is 1. The van der Waals surface area contributed by atoms with Crippen LogP contribution in [-0.2, 0) is 0 Å². The summed E-state index contributed by atoms with van der Waals surface area (Å²) < 4.78 is 0. The predicted molar refractivity (Wildman–Crippen MR) is 75.3 cm³/mol. The van der Waals surface area contributed by atoms with Gasteiger partial charge in [0.05, 0.1) is 18.5 Å². The summed E-state index contributed by atoms with van der Waals surface area (Å²) in [4.78, 5) is 8.39. The van der Waals surface area contributed by atoms with Crippen LogP contribution in [0.1, 0.15) is 5.69 Å². The zero-order valence-electron chi connectivity index (χ0n) is 9.00. The van der Waals surface area contributed by atoms with E-state index in [2.05, 4.69) is 20.4 Å². The molecule has 0 unspecified atom stereocenters. The molecule has 5 nitrogen and oxygen atoms in total. The zero-order chi connectivity index (χ0) is 10.5. The largest absolute Gasteiger partial charge is 0.353 e. The first-order valence-electron chi connectivity index (χ1n) is 4.83. The minimum absolute atomic E-state index is 0. The van der Waals surface area contributed by atoms with Crippen molar-refractivity contribution in [2.24, 2.45) is 10.1 Å². The van der Waals surface area contributed by atoms with Crippen LogP contribution in [-0.4, -0.2) is 42.3 Å². The third kappa shape index (κ3) is 3.44. The fourth-order valence-corrected chi connectivity index (χ4v) is 1.25. The van der Waals surface area contributed by atoms with Gasteiger partial charge >= 0.3 is 0 Å². The van der Waals surface area contributed by atoms with Gasteiger partial charge < -0.3 is 5.32 Å². The maximum atomic E-state index is 4.25. The van der Waals surface area contributed by atoms with Crippen molar-refractivity contribution in [2.45, 2.75) is 0 Å². The van der Waals surface area contributed by atoms with Crippen LogP contribution >= 0.6 is 24.0 Å². The summed E-state index contributed by atoms with van der Waals surface area (Å²) in [5.74, 6) is 0.808. The van der Waals surface area contributed by atoms with Gasteiger partial charge in [-0.1, -0.05) is 6.07 Å². The molecule has 0 saturated heterocycles. The van der Waals surface area contributed by atoms with Gasteiger partial charge in [0.1, 0.15) is 0 Å². The summed E-state index contributed by atoms with van der Waals surface area (Å²) >= 11 is 0. The van der Waals surface area contributed by atoms with Crippen LogP contribution in [0.2, 0.25) is 0 Å². The van der Waals surface area contributed by atoms with E-state index in [-0.39, 0.29) is 24.0 Å². The Morgan fingerprint density at radius 3 is 3.00 bits per heavy atom. The highest BCUT2D eigenvalue weighted by atomic mass is 127. The number of aliphatic imine (C=N–C) groups is 1. The first kappa shape index (κ1) is 12.9. The van der Waals surface area contributed by atoms with Crippen molar-refractivity contribution in [3.63, 3.8) is 0 Å². The Hall–Kier alpha value is -1.18. The van der Waals surface area contributed by atoms with E-state index in [0.717, 1.165) is 24.7 Å². The normalized spacial score (nSPS) is 14.2. The molecule has 6 heteroatoms. The average molecular weight is 331 g/mol. The van der Waals surface area contributed by atoms with Gasteiger partial charge in [0, 0.05) is 19.8 Å². The van der Waals surface area contributed by atoms with Crippen LogP contribution in [0.5, 0.6) is 0 Å². The van der Waals surface area contributed by atoms with E-state index in [1.165, 1.54) is 0 Å². The van der Waals surface area contributed by atoms with Crippen molar-refractivity contribution in [2.75, 3.05) is 20.1 Å². The molecule has 0 amide bonds. The molecule has 0 radical (unpaired) electrons. The van der Waals surface area contributed by atoms with Crippen LogP contribution in [0.4, 0.5) is 0 Å². The lowest BCUT2D eigenvalue weighted by atomic mass is 10.4. The molecule has 0 aromatic carbocycles. The second-order valence-electron chi connectivity index (χ2n) is 3.15. The smallest absolute Gasteiger partial charge is 0.214 e. The highest BCUT2D eigenvalue weighted by Gasteiger charge is 2.07. The van der Waals surface area contributed by atoms with E-state index in [4.69, 9.17) is 0 Å². The Kier molecular flexibility index (Phi) is 5.17. The third-order valence-electron chi connectivity index (χ3n) is 2.01. The quantitative estimate of drug-likeness (QED) is 0.498.